The van der Waals surface area contributed by atoms with Crippen molar-refractivity contribution < 1.29 is 9.31 Å². The second-order valence-corrected chi connectivity index (χ2v) is 3.02. The Morgan fingerprint density at radius 2 is 2.33 bits per heavy atom. The van der Waals surface area contributed by atoms with Crippen molar-refractivity contribution in [1.29, 1.82) is 10.7 Å². The van der Waals surface area contributed by atoms with Crippen molar-refractivity contribution in [1.82, 2.24) is 0 Å². The fraction of sp³-hybridized carbons (Fsp3) is 0. The molecule has 0 amide bonds. The minimum Gasteiger partial charge on any atom is -0.382 e. The highest BCUT2D eigenvalue weighted by atomic mass is 19.1. The number of amidine groups is 1. The van der Waals surface area contributed by atoms with Crippen molar-refractivity contribution in [2.24, 2.45) is 10.8 Å². The third-order valence-electron chi connectivity index (χ3n) is 1.81. The van der Waals surface area contributed by atoms with Gasteiger partial charge in [0, 0.05) is 0 Å². The first-order valence-corrected chi connectivity index (χ1v) is 4.48. The van der Waals surface area contributed by atoms with Crippen LogP contribution in [-0.4, -0.2) is 16.5 Å². The first kappa shape index (κ1) is 13.0. The molecule has 0 saturated carbocycles. The third-order valence-corrected chi connectivity index (χ3v) is 1.81. The van der Waals surface area contributed by atoms with Crippen LogP contribution in [0.2, 0.25) is 0 Å². The number of nitrogens with two attached hydrogens (primary N) is 1. The largest absolute Gasteiger partial charge is 0.382 e. The number of nitrogens with zero attached hydrogens (tertiary/aromatic N) is 3. The van der Waals surface area contributed by atoms with Gasteiger partial charge >= 0.3 is 0 Å². The number of anilines is 1. The van der Waals surface area contributed by atoms with Gasteiger partial charge < -0.3 is 5.73 Å². The lowest BCUT2D eigenvalue weighted by atomic mass is 10.2. The number of benzene rings is 1. The average Bonchev–Trinajstić information content (AvgIpc) is 2.30. The second kappa shape index (κ2) is 5.35. The molecule has 0 spiro atoms. The van der Waals surface area contributed by atoms with E-state index in [9.17, 15) is 14.5 Å². The maximum Gasteiger partial charge on any atom is 0.297 e. The SMILES string of the molecule is N#C/C(=N\Nc1ccc(F)cc1[N+](=O)[O-])C(=N)N. The molecular formula is C9H7FN6O2. The zero-order valence-corrected chi connectivity index (χ0v) is 8.85. The number of rotatable bonds is 4. The molecule has 0 aliphatic heterocycles. The highest BCUT2D eigenvalue weighted by molar-refractivity contribution is 6.45. The Balaban J connectivity index is 3.09. The summed E-state index contributed by atoms with van der Waals surface area (Å²) < 4.78 is 12.8. The zero-order chi connectivity index (χ0) is 13.7. The molecule has 0 aromatic heterocycles. The molecule has 0 atom stereocenters. The smallest absolute Gasteiger partial charge is 0.297 e. The van der Waals surface area contributed by atoms with Gasteiger partial charge in [-0.2, -0.15) is 10.4 Å². The number of nitrogens with one attached hydrogen (secondary N) is 2. The molecule has 8 nitrogen and oxygen atoms in total. The Kier molecular flexibility index (Phi) is 3.88. The molecule has 0 bridgehead atoms. The van der Waals surface area contributed by atoms with Gasteiger partial charge in [-0.3, -0.25) is 20.9 Å². The van der Waals surface area contributed by atoms with Crippen molar-refractivity contribution in [2.45, 2.75) is 0 Å². The van der Waals surface area contributed by atoms with E-state index in [2.05, 4.69) is 10.5 Å². The molecule has 0 unspecified atom stereocenters. The average molecular weight is 250 g/mol. The van der Waals surface area contributed by atoms with E-state index in [-0.39, 0.29) is 5.69 Å². The standard InChI is InChI=1S/C9H7FN6O2/c10-5-1-2-6(8(3-5)16(17)18)14-15-7(4-11)9(12)13/h1-3,14H,(H3,12,13)/b15-7+. The Morgan fingerprint density at radius 1 is 1.67 bits per heavy atom. The van der Waals surface area contributed by atoms with E-state index in [1.165, 1.54) is 6.07 Å². The van der Waals surface area contributed by atoms with Crippen LogP contribution in [0.1, 0.15) is 0 Å². The lowest BCUT2D eigenvalue weighted by molar-refractivity contribution is -0.384. The molecule has 0 heterocycles. The highest BCUT2D eigenvalue weighted by Crippen LogP contribution is 2.24. The second-order valence-electron chi connectivity index (χ2n) is 3.02. The Bertz CT molecular complexity index is 577. The molecule has 92 valence electrons. The van der Waals surface area contributed by atoms with Crippen LogP contribution < -0.4 is 11.2 Å². The number of nitro benzene ring substituents is 1. The van der Waals surface area contributed by atoms with E-state index in [0.29, 0.717) is 6.07 Å². The lowest BCUT2D eigenvalue weighted by Gasteiger charge is -2.02. The van der Waals surface area contributed by atoms with Gasteiger partial charge in [-0.25, -0.2) is 4.39 Å². The summed E-state index contributed by atoms with van der Waals surface area (Å²) in [6, 6.07) is 4.31. The molecule has 18 heavy (non-hydrogen) atoms. The first-order valence-electron chi connectivity index (χ1n) is 4.48. The van der Waals surface area contributed by atoms with Gasteiger partial charge in [0.2, 0.25) is 5.71 Å². The van der Waals surface area contributed by atoms with Gasteiger partial charge in [0.15, 0.2) is 5.84 Å². The molecule has 0 radical (unpaired) electrons. The predicted octanol–water partition coefficient (Wildman–Crippen LogP) is 0.961. The van der Waals surface area contributed by atoms with Gasteiger partial charge in [-0.15, -0.1) is 0 Å². The number of hydrazone groups is 1. The Hall–Kier alpha value is -3.02. The van der Waals surface area contributed by atoms with E-state index in [1.54, 1.807) is 0 Å². The molecule has 1 aromatic rings. The minimum atomic E-state index is -0.805. The molecule has 1 aromatic carbocycles. The van der Waals surface area contributed by atoms with E-state index in [1.807, 2.05) is 0 Å². The maximum atomic E-state index is 12.8. The zero-order valence-electron chi connectivity index (χ0n) is 8.85. The fourth-order valence-corrected chi connectivity index (χ4v) is 1.01. The summed E-state index contributed by atoms with van der Waals surface area (Å²) in [6.45, 7) is 0. The van der Waals surface area contributed by atoms with Crippen molar-refractivity contribution in [3.63, 3.8) is 0 Å². The first-order chi connectivity index (χ1) is 8.45. The maximum absolute atomic E-state index is 12.8. The van der Waals surface area contributed by atoms with E-state index in [0.717, 1.165) is 12.1 Å². The normalized spacial score (nSPS) is 10.6. The number of halogens is 1. The lowest BCUT2D eigenvalue weighted by Crippen LogP contribution is -2.21. The summed E-state index contributed by atoms with van der Waals surface area (Å²) in [5.41, 5.74) is 6.13. The van der Waals surface area contributed by atoms with Crippen molar-refractivity contribution in [3.8, 4) is 6.07 Å². The van der Waals surface area contributed by atoms with E-state index >= 15 is 0 Å². The van der Waals surface area contributed by atoms with E-state index < -0.39 is 28.0 Å². The van der Waals surface area contributed by atoms with Crippen LogP contribution >= 0.6 is 0 Å². The number of nitriles is 1. The van der Waals surface area contributed by atoms with Gasteiger partial charge in [0.05, 0.1) is 11.0 Å². The quantitative estimate of drug-likeness (QED) is 0.316. The fourth-order valence-electron chi connectivity index (χ4n) is 1.01. The molecule has 0 fully saturated rings. The summed E-state index contributed by atoms with van der Waals surface area (Å²) in [5.74, 6) is -1.36. The summed E-state index contributed by atoms with van der Waals surface area (Å²) in [5, 5.41) is 29.6. The molecular weight excluding hydrogens is 243 g/mol. The van der Waals surface area contributed by atoms with Crippen LogP contribution in [0.5, 0.6) is 0 Å². The van der Waals surface area contributed by atoms with E-state index in [4.69, 9.17) is 16.4 Å². The third kappa shape index (κ3) is 2.99. The van der Waals surface area contributed by atoms with Crippen LogP contribution in [0.3, 0.4) is 0 Å². The molecule has 9 heteroatoms. The van der Waals surface area contributed by atoms with Crippen LogP contribution in [0.4, 0.5) is 15.8 Å². The van der Waals surface area contributed by atoms with Crippen molar-refractivity contribution in [2.75, 3.05) is 5.43 Å². The van der Waals surface area contributed by atoms with Crippen LogP contribution in [-0.2, 0) is 0 Å². The summed E-state index contributed by atoms with van der Waals surface area (Å²) >= 11 is 0. The van der Waals surface area contributed by atoms with Gasteiger partial charge in [0.25, 0.3) is 5.69 Å². The Morgan fingerprint density at radius 3 is 2.83 bits per heavy atom. The highest BCUT2D eigenvalue weighted by Gasteiger charge is 2.14. The van der Waals surface area contributed by atoms with Gasteiger partial charge in [-0.05, 0) is 12.1 Å². The molecule has 1 rings (SSSR count). The Labute approximate surface area is 100 Å². The summed E-state index contributed by atoms with van der Waals surface area (Å²) in [4.78, 5) is 9.84. The van der Waals surface area contributed by atoms with Crippen LogP contribution in [0.15, 0.2) is 23.3 Å². The molecule has 0 aliphatic carbocycles. The molecule has 0 aliphatic rings. The predicted molar refractivity (Wildman–Crippen MR) is 61.6 cm³/mol. The summed E-state index contributed by atoms with van der Waals surface area (Å²) in [6.07, 6.45) is 0. The van der Waals surface area contributed by atoms with Crippen molar-refractivity contribution >= 4 is 22.9 Å². The molecule has 4 N–H and O–H groups in total. The number of nitro groups is 1. The van der Waals surface area contributed by atoms with Gasteiger partial charge in [0.1, 0.15) is 17.6 Å². The number of hydrogen-bond donors (Lipinski definition) is 3. The minimum absolute atomic E-state index is 0.115. The van der Waals surface area contributed by atoms with Gasteiger partial charge in [-0.1, -0.05) is 0 Å². The number of hydrogen-bond acceptors (Lipinski definition) is 6. The topological polar surface area (TPSA) is 141 Å². The van der Waals surface area contributed by atoms with Crippen LogP contribution in [0, 0.1) is 32.7 Å². The van der Waals surface area contributed by atoms with Crippen molar-refractivity contribution in [3.05, 3.63) is 34.1 Å². The monoisotopic (exact) mass is 250 g/mol. The molecule has 0 saturated heterocycles. The van der Waals surface area contributed by atoms with Crippen LogP contribution in [0.25, 0.3) is 0 Å². The summed E-state index contributed by atoms with van der Waals surface area (Å²) in [7, 11) is 0.